The molecule has 0 fully saturated rings. The van der Waals surface area contributed by atoms with Crippen LogP contribution in [0.25, 0.3) is 0 Å². The SMILES string of the molecule is C=CC(C=C(C)C)OC(O[Si](C)(C)C)C(F)(F)Br. The minimum absolute atomic E-state index is 0.597. The van der Waals surface area contributed by atoms with Crippen LogP contribution in [0.5, 0.6) is 0 Å². The molecule has 0 aromatic rings. The van der Waals surface area contributed by atoms with Gasteiger partial charge in [-0.05, 0) is 49.4 Å². The Morgan fingerprint density at radius 3 is 2.11 bits per heavy atom. The number of hydrogen-bond donors (Lipinski definition) is 0. The van der Waals surface area contributed by atoms with Crippen molar-refractivity contribution in [1.29, 1.82) is 0 Å². The second-order valence-corrected chi connectivity index (χ2v) is 10.7. The third-order valence-corrected chi connectivity index (χ3v) is 3.03. The Balaban J connectivity index is 4.89. The zero-order valence-electron chi connectivity index (χ0n) is 11.5. The van der Waals surface area contributed by atoms with Crippen LogP contribution >= 0.6 is 15.9 Å². The third-order valence-electron chi connectivity index (χ3n) is 1.74. The van der Waals surface area contributed by atoms with Crippen LogP contribution in [-0.4, -0.2) is 25.5 Å². The van der Waals surface area contributed by atoms with Gasteiger partial charge in [-0.25, -0.2) is 0 Å². The molecule has 0 spiro atoms. The van der Waals surface area contributed by atoms with Gasteiger partial charge in [-0.1, -0.05) is 17.7 Å². The van der Waals surface area contributed by atoms with E-state index >= 15 is 0 Å². The Morgan fingerprint density at radius 1 is 1.33 bits per heavy atom. The van der Waals surface area contributed by atoms with Crippen LogP contribution in [0.4, 0.5) is 8.78 Å². The summed E-state index contributed by atoms with van der Waals surface area (Å²) in [5, 5.41) is 0. The van der Waals surface area contributed by atoms with Gasteiger partial charge in [-0.15, -0.1) is 6.58 Å². The van der Waals surface area contributed by atoms with E-state index in [4.69, 9.17) is 9.16 Å². The Labute approximate surface area is 117 Å². The molecule has 0 amide bonds. The Morgan fingerprint density at radius 2 is 1.83 bits per heavy atom. The molecule has 0 aromatic heterocycles. The van der Waals surface area contributed by atoms with E-state index in [0.29, 0.717) is 0 Å². The zero-order chi connectivity index (χ0) is 14.6. The van der Waals surface area contributed by atoms with E-state index in [2.05, 4.69) is 22.5 Å². The van der Waals surface area contributed by atoms with Gasteiger partial charge < -0.3 is 9.16 Å². The van der Waals surface area contributed by atoms with Gasteiger partial charge >= 0.3 is 4.83 Å². The number of hydrogen-bond acceptors (Lipinski definition) is 2. The molecule has 0 rings (SSSR count). The van der Waals surface area contributed by atoms with Crippen LogP contribution in [0.3, 0.4) is 0 Å². The molecular formula is C12H21BrF2O2Si. The van der Waals surface area contributed by atoms with Gasteiger partial charge in [0.05, 0.1) is 6.10 Å². The highest BCUT2D eigenvalue weighted by Crippen LogP contribution is 2.32. The van der Waals surface area contributed by atoms with Gasteiger partial charge in [-0.2, -0.15) is 8.78 Å². The van der Waals surface area contributed by atoms with E-state index < -0.39 is 25.5 Å². The zero-order valence-corrected chi connectivity index (χ0v) is 14.1. The smallest absolute Gasteiger partial charge is 0.350 e. The first-order chi connectivity index (χ1) is 7.95. The average Bonchev–Trinajstić information content (AvgIpc) is 2.11. The van der Waals surface area contributed by atoms with Crippen LogP contribution in [0, 0.1) is 0 Å². The summed E-state index contributed by atoms with van der Waals surface area (Å²) in [5.74, 6) is 0. The largest absolute Gasteiger partial charge is 0.388 e. The van der Waals surface area contributed by atoms with Crippen molar-refractivity contribution in [2.45, 2.75) is 50.7 Å². The Hall–Kier alpha value is -0.0431. The lowest BCUT2D eigenvalue weighted by Gasteiger charge is -2.30. The van der Waals surface area contributed by atoms with Crippen molar-refractivity contribution in [3.05, 3.63) is 24.3 Å². The van der Waals surface area contributed by atoms with Crippen molar-refractivity contribution < 1.29 is 17.9 Å². The summed E-state index contributed by atoms with van der Waals surface area (Å²) in [5.41, 5.74) is 0.963. The molecule has 0 aromatic carbocycles. The Bertz CT molecular complexity index is 304. The second kappa shape index (κ2) is 6.93. The summed E-state index contributed by atoms with van der Waals surface area (Å²) in [4.78, 5) is -3.23. The maximum atomic E-state index is 13.4. The average molecular weight is 343 g/mol. The van der Waals surface area contributed by atoms with Crippen molar-refractivity contribution in [3.8, 4) is 0 Å². The first kappa shape index (κ1) is 18.0. The maximum Gasteiger partial charge on any atom is 0.350 e. The highest BCUT2D eigenvalue weighted by atomic mass is 79.9. The highest BCUT2D eigenvalue weighted by molar-refractivity contribution is 9.10. The molecule has 0 bridgehead atoms. The second-order valence-electron chi connectivity index (χ2n) is 5.18. The molecule has 0 saturated heterocycles. The molecule has 2 nitrogen and oxygen atoms in total. The maximum absolute atomic E-state index is 13.4. The summed E-state index contributed by atoms with van der Waals surface area (Å²) < 4.78 is 37.4. The lowest BCUT2D eigenvalue weighted by atomic mass is 10.2. The topological polar surface area (TPSA) is 18.5 Å². The summed E-state index contributed by atoms with van der Waals surface area (Å²) in [6.45, 7) is 12.8. The van der Waals surface area contributed by atoms with Gasteiger partial charge in [0.25, 0.3) is 0 Å². The lowest BCUT2D eigenvalue weighted by Crippen LogP contribution is -2.43. The van der Waals surface area contributed by atoms with E-state index in [-0.39, 0.29) is 0 Å². The van der Waals surface area contributed by atoms with Gasteiger partial charge in [0.2, 0.25) is 6.29 Å². The number of allylic oxidation sites excluding steroid dienone is 1. The predicted molar refractivity (Wildman–Crippen MR) is 76.6 cm³/mol. The summed E-state index contributed by atoms with van der Waals surface area (Å²) in [6.07, 6.45) is 0.959. The van der Waals surface area contributed by atoms with Crippen molar-refractivity contribution in [2.75, 3.05) is 0 Å². The molecule has 106 valence electrons. The monoisotopic (exact) mass is 342 g/mol. The van der Waals surface area contributed by atoms with Crippen molar-refractivity contribution >= 4 is 24.2 Å². The first-order valence-corrected chi connectivity index (χ1v) is 9.83. The summed E-state index contributed by atoms with van der Waals surface area (Å²) in [7, 11) is -2.14. The normalized spacial score (nSPS) is 16.0. The molecule has 18 heavy (non-hydrogen) atoms. The quantitative estimate of drug-likeness (QED) is 0.289. The molecular weight excluding hydrogens is 322 g/mol. The van der Waals surface area contributed by atoms with Crippen LogP contribution in [0.15, 0.2) is 24.3 Å². The summed E-state index contributed by atoms with van der Waals surface area (Å²) in [6, 6.07) is 0. The number of ether oxygens (including phenoxy) is 1. The molecule has 0 N–H and O–H groups in total. The van der Waals surface area contributed by atoms with Crippen molar-refractivity contribution in [2.24, 2.45) is 0 Å². The van der Waals surface area contributed by atoms with Gasteiger partial charge in [0.15, 0.2) is 8.32 Å². The number of halogens is 3. The molecule has 0 aliphatic carbocycles. The fourth-order valence-electron chi connectivity index (χ4n) is 1.13. The van der Waals surface area contributed by atoms with E-state index in [1.807, 2.05) is 33.5 Å². The molecule has 6 heteroatoms. The van der Waals surface area contributed by atoms with Crippen LogP contribution in [-0.2, 0) is 9.16 Å². The number of rotatable bonds is 7. The molecule has 2 atom stereocenters. The molecule has 0 aliphatic rings. The predicted octanol–water partition coefficient (Wildman–Crippen LogP) is 4.69. The first-order valence-electron chi connectivity index (χ1n) is 5.63. The van der Waals surface area contributed by atoms with E-state index in [1.165, 1.54) is 6.08 Å². The van der Waals surface area contributed by atoms with Crippen molar-refractivity contribution in [1.82, 2.24) is 0 Å². The minimum atomic E-state index is -3.23. The Kier molecular flexibility index (Phi) is 6.92. The van der Waals surface area contributed by atoms with Crippen LogP contribution < -0.4 is 0 Å². The highest BCUT2D eigenvalue weighted by Gasteiger charge is 2.42. The van der Waals surface area contributed by atoms with Crippen molar-refractivity contribution in [3.63, 3.8) is 0 Å². The molecule has 0 saturated carbocycles. The molecule has 2 unspecified atom stereocenters. The van der Waals surface area contributed by atoms with Gasteiger partial charge in [0, 0.05) is 0 Å². The summed E-state index contributed by atoms with van der Waals surface area (Å²) >= 11 is 2.31. The fraction of sp³-hybridized carbons (Fsp3) is 0.667. The third kappa shape index (κ3) is 8.13. The molecule has 0 heterocycles. The van der Waals surface area contributed by atoms with Gasteiger partial charge in [-0.3, -0.25) is 0 Å². The fourth-order valence-corrected chi connectivity index (χ4v) is 2.35. The molecule has 0 radical (unpaired) electrons. The standard InChI is InChI=1S/C12H21BrF2O2Si/c1-7-10(8-9(2)3)16-11(12(13,14)15)17-18(4,5)6/h7-8,10-11H,1H2,2-6H3. The van der Waals surface area contributed by atoms with E-state index in [1.54, 1.807) is 6.08 Å². The lowest BCUT2D eigenvalue weighted by molar-refractivity contribution is -0.184. The van der Waals surface area contributed by atoms with Gasteiger partial charge in [0.1, 0.15) is 0 Å². The minimum Gasteiger partial charge on any atom is -0.388 e. The van der Waals surface area contributed by atoms with E-state index in [0.717, 1.165) is 5.57 Å². The molecule has 0 aliphatic heterocycles. The van der Waals surface area contributed by atoms with Crippen LogP contribution in [0.1, 0.15) is 13.8 Å². The number of alkyl halides is 3. The van der Waals surface area contributed by atoms with Crippen LogP contribution in [0.2, 0.25) is 19.6 Å². The van der Waals surface area contributed by atoms with E-state index in [9.17, 15) is 8.78 Å².